The van der Waals surface area contributed by atoms with Crippen LogP contribution >= 0.6 is 0 Å². The highest BCUT2D eigenvalue weighted by Crippen LogP contribution is 2.50. The van der Waals surface area contributed by atoms with E-state index < -0.39 is 0 Å². The number of benzene rings is 3. The summed E-state index contributed by atoms with van der Waals surface area (Å²) in [7, 11) is 0. The van der Waals surface area contributed by atoms with Gasteiger partial charge in [-0.05, 0) is 75.1 Å². The maximum absolute atomic E-state index is 3.79. The fourth-order valence-corrected chi connectivity index (χ4v) is 6.57. The summed E-state index contributed by atoms with van der Waals surface area (Å²) in [5.74, 6) is 0. The summed E-state index contributed by atoms with van der Waals surface area (Å²) in [5, 5.41) is 0. The minimum atomic E-state index is -0.0857. The maximum Gasteiger partial charge on any atom is 0.269 e. The molecule has 0 bridgehead atoms. The summed E-state index contributed by atoms with van der Waals surface area (Å²) in [6.45, 7) is 21.3. The maximum atomic E-state index is 3.79. The lowest BCUT2D eigenvalue weighted by Gasteiger charge is -2.44. The summed E-state index contributed by atoms with van der Waals surface area (Å²) in [6.07, 6.45) is 6.24. The van der Waals surface area contributed by atoms with Gasteiger partial charge in [-0.15, -0.1) is 0 Å². The Hall–Kier alpha value is -2.87. The number of hydrogen-bond donors (Lipinski definition) is 0. The highest BCUT2D eigenvalue weighted by atomic mass is 15.1. The molecule has 2 nitrogen and oxygen atoms in total. The molecule has 0 spiro atoms. The van der Waals surface area contributed by atoms with E-state index in [0.29, 0.717) is 0 Å². The predicted octanol–water partition coefficient (Wildman–Crippen LogP) is 7.99. The molecule has 0 atom stereocenters. The predicted molar refractivity (Wildman–Crippen MR) is 150 cm³/mol. The molecule has 1 aliphatic heterocycles. The van der Waals surface area contributed by atoms with Gasteiger partial charge in [-0.3, -0.25) is 9.13 Å². The number of aromatic nitrogens is 2. The average Bonchev–Trinajstić information content (AvgIpc) is 3.20. The van der Waals surface area contributed by atoms with E-state index in [2.05, 4.69) is 132 Å². The van der Waals surface area contributed by atoms with Gasteiger partial charge in [0.05, 0.1) is 22.4 Å². The van der Waals surface area contributed by atoms with Crippen molar-refractivity contribution in [3.63, 3.8) is 0 Å². The lowest BCUT2D eigenvalue weighted by Crippen LogP contribution is -2.43. The van der Waals surface area contributed by atoms with Gasteiger partial charge in [0.15, 0.2) is 0 Å². The Kier molecular flexibility index (Phi) is 4.65. The van der Waals surface area contributed by atoms with E-state index in [4.69, 9.17) is 0 Å². The SMILES string of the molecule is CC(C)(C)c1ccc(-n2[c-][n+]3c4c(cccc42)C(C)(C)c2cc4c(cc2-3)C(C)(C)CCC4(C)C)cc1. The van der Waals surface area contributed by atoms with Crippen molar-refractivity contribution in [2.45, 2.75) is 96.8 Å². The molecule has 0 unspecified atom stereocenters. The highest BCUT2D eigenvalue weighted by molar-refractivity contribution is 5.82. The molecule has 2 heterocycles. The third-order valence-electron chi connectivity index (χ3n) is 9.23. The number of para-hydroxylation sites is 1. The molecule has 36 heavy (non-hydrogen) atoms. The second-order valence-corrected chi connectivity index (χ2v) is 14.0. The molecule has 6 rings (SSSR count). The van der Waals surface area contributed by atoms with Crippen molar-refractivity contribution >= 4 is 11.0 Å². The third-order valence-corrected chi connectivity index (χ3v) is 9.23. The Labute approximate surface area is 217 Å². The Morgan fingerprint density at radius 3 is 1.97 bits per heavy atom. The minimum absolute atomic E-state index is 0.0857. The molecule has 186 valence electrons. The standard InChI is InChI=1S/C34H40N2/c1-31(2,3)22-13-15-23(16-14-22)35-21-36-29-20-26-25(32(4,5)17-18-33(26,6)7)19-27(29)34(8,9)24-11-10-12-28(35)30(24)36/h10-16,19-20H,17-18H2,1-9H3. The molecule has 1 aromatic heterocycles. The number of rotatable bonds is 1. The van der Waals surface area contributed by atoms with Crippen molar-refractivity contribution in [2.75, 3.05) is 0 Å². The van der Waals surface area contributed by atoms with Gasteiger partial charge in [0, 0.05) is 5.41 Å². The second-order valence-electron chi connectivity index (χ2n) is 14.0. The summed E-state index contributed by atoms with van der Waals surface area (Å²) in [6, 6.07) is 20.9. The van der Waals surface area contributed by atoms with Crippen LogP contribution in [0.2, 0.25) is 0 Å². The Bertz CT molecular complexity index is 1520. The van der Waals surface area contributed by atoms with E-state index >= 15 is 0 Å². The van der Waals surface area contributed by atoms with Gasteiger partial charge >= 0.3 is 0 Å². The lowest BCUT2D eigenvalue weighted by molar-refractivity contribution is -0.575. The molecule has 0 saturated carbocycles. The Morgan fingerprint density at radius 1 is 0.750 bits per heavy atom. The molecular formula is C34H40N2. The Morgan fingerprint density at radius 2 is 1.36 bits per heavy atom. The Balaban J connectivity index is 1.64. The van der Waals surface area contributed by atoms with Crippen LogP contribution in [-0.4, -0.2) is 4.57 Å². The first-order chi connectivity index (χ1) is 16.7. The van der Waals surface area contributed by atoms with E-state index in [9.17, 15) is 0 Å². The third kappa shape index (κ3) is 3.19. The second kappa shape index (κ2) is 7.12. The van der Waals surface area contributed by atoms with Crippen LogP contribution in [-0.2, 0) is 21.7 Å². The van der Waals surface area contributed by atoms with Gasteiger partial charge in [-0.25, -0.2) is 0 Å². The van der Waals surface area contributed by atoms with Crippen LogP contribution in [0.15, 0.2) is 54.6 Å². The van der Waals surface area contributed by atoms with Crippen molar-refractivity contribution in [1.82, 2.24) is 4.57 Å². The van der Waals surface area contributed by atoms with Gasteiger partial charge in [0.1, 0.15) is 0 Å². The zero-order valence-corrected chi connectivity index (χ0v) is 23.5. The molecule has 0 saturated heterocycles. The van der Waals surface area contributed by atoms with Crippen molar-refractivity contribution in [3.8, 4) is 11.4 Å². The van der Waals surface area contributed by atoms with E-state index in [0.717, 1.165) is 5.69 Å². The van der Waals surface area contributed by atoms with Crippen LogP contribution in [0.25, 0.3) is 22.4 Å². The smallest absolute Gasteiger partial charge is 0.269 e. The summed E-state index contributed by atoms with van der Waals surface area (Å²) in [4.78, 5) is 0. The van der Waals surface area contributed by atoms with Gasteiger partial charge in [-0.2, -0.15) is 0 Å². The van der Waals surface area contributed by atoms with Crippen LogP contribution in [0.3, 0.4) is 0 Å². The molecular weight excluding hydrogens is 436 g/mol. The first-order valence-electron chi connectivity index (χ1n) is 13.5. The molecule has 0 N–H and O–H groups in total. The number of fused-ring (bicyclic) bond motifs is 3. The summed E-state index contributed by atoms with van der Waals surface area (Å²) < 4.78 is 4.60. The fourth-order valence-electron chi connectivity index (χ4n) is 6.57. The van der Waals surface area contributed by atoms with Crippen LogP contribution in [0.1, 0.15) is 103 Å². The van der Waals surface area contributed by atoms with E-state index in [-0.39, 0.29) is 21.7 Å². The minimum Gasteiger partial charge on any atom is -0.292 e. The molecule has 0 radical (unpaired) electrons. The highest BCUT2D eigenvalue weighted by Gasteiger charge is 2.41. The van der Waals surface area contributed by atoms with Crippen LogP contribution < -0.4 is 4.57 Å². The summed E-state index contributed by atoms with van der Waals surface area (Å²) in [5.41, 5.74) is 12.5. The molecule has 2 aliphatic rings. The van der Waals surface area contributed by atoms with Gasteiger partial charge in [0.25, 0.3) is 6.33 Å². The zero-order chi connectivity index (χ0) is 25.8. The van der Waals surface area contributed by atoms with Gasteiger partial charge < -0.3 is 0 Å². The number of hydrogen-bond acceptors (Lipinski definition) is 0. The average molecular weight is 477 g/mol. The molecule has 1 aliphatic carbocycles. The molecule has 2 heteroatoms. The normalized spacial score (nSPS) is 19.1. The number of imidazole rings is 1. The zero-order valence-electron chi connectivity index (χ0n) is 23.5. The monoisotopic (exact) mass is 476 g/mol. The van der Waals surface area contributed by atoms with Gasteiger partial charge in [-0.1, -0.05) is 98.7 Å². The van der Waals surface area contributed by atoms with Crippen molar-refractivity contribution in [1.29, 1.82) is 0 Å². The summed E-state index contributed by atoms with van der Waals surface area (Å²) >= 11 is 0. The van der Waals surface area contributed by atoms with E-state index in [1.165, 1.54) is 57.4 Å². The van der Waals surface area contributed by atoms with Crippen LogP contribution in [0.4, 0.5) is 0 Å². The number of nitrogens with zero attached hydrogens (tertiary/aromatic N) is 2. The lowest BCUT2D eigenvalue weighted by atomic mass is 9.61. The largest absolute Gasteiger partial charge is 0.292 e. The van der Waals surface area contributed by atoms with Crippen molar-refractivity contribution in [3.05, 3.63) is 88.7 Å². The van der Waals surface area contributed by atoms with E-state index in [1.54, 1.807) is 0 Å². The molecule has 0 fully saturated rings. The van der Waals surface area contributed by atoms with E-state index in [1.807, 2.05) is 0 Å². The fraction of sp³-hybridized carbons (Fsp3) is 0.441. The van der Waals surface area contributed by atoms with Crippen LogP contribution in [0.5, 0.6) is 0 Å². The molecule has 3 aromatic carbocycles. The van der Waals surface area contributed by atoms with Gasteiger partial charge in [0.2, 0.25) is 0 Å². The van der Waals surface area contributed by atoms with Crippen molar-refractivity contribution < 1.29 is 4.57 Å². The van der Waals surface area contributed by atoms with Crippen LogP contribution in [0, 0.1) is 6.33 Å². The first kappa shape index (κ1) is 23.5. The topological polar surface area (TPSA) is 8.81 Å². The molecule has 4 aromatic rings. The molecule has 0 amide bonds. The first-order valence-corrected chi connectivity index (χ1v) is 13.5. The van der Waals surface area contributed by atoms with Crippen molar-refractivity contribution in [2.24, 2.45) is 0 Å². The quantitative estimate of drug-likeness (QED) is 0.194.